The lowest BCUT2D eigenvalue weighted by Crippen LogP contribution is -2.44. The number of amides is 3. The van der Waals surface area contributed by atoms with Gasteiger partial charge in [-0.2, -0.15) is 28.1 Å². The Hall–Kier alpha value is -6.39. The number of nitrogens with one attached hydrogen (secondary N) is 5. The Morgan fingerprint density at radius 3 is 1.85 bits per heavy atom. The first-order chi connectivity index (χ1) is 25.3. The van der Waals surface area contributed by atoms with E-state index >= 15 is 0 Å². The number of nitrogens with zero attached hydrogens (tertiary/aromatic N) is 3. The van der Waals surface area contributed by atoms with Crippen molar-refractivity contribution in [2.24, 2.45) is 5.41 Å². The molecule has 5 heterocycles. The highest BCUT2D eigenvalue weighted by atomic mass is 19.4. The van der Waals surface area contributed by atoms with Crippen LogP contribution in [0.3, 0.4) is 0 Å². The van der Waals surface area contributed by atoms with Crippen molar-refractivity contribution >= 4 is 41.0 Å². The molecule has 53 heavy (non-hydrogen) atoms. The number of aromatic nitrogens is 3. The molecule has 0 saturated carbocycles. The lowest BCUT2D eigenvalue weighted by molar-refractivity contribution is -0.154. The zero-order valence-corrected chi connectivity index (χ0v) is 28.8. The molecule has 278 valence electrons. The minimum atomic E-state index is -4.61. The number of carbonyl (C=O) groups is 3. The third kappa shape index (κ3) is 12.4. The van der Waals surface area contributed by atoms with E-state index < -0.39 is 41.9 Å². The van der Waals surface area contributed by atoms with Crippen LogP contribution < -0.4 is 40.8 Å². The van der Waals surface area contributed by atoms with Crippen molar-refractivity contribution in [3.05, 3.63) is 96.1 Å². The SMILES string of the molecule is CC1(C)CNC(=O)C(=O)Nc2ccc(cc2)OC/C=C\COc2ccc(cc2)CNc2nc(nc(OCC(F)(F)F)n2)Nc2ccc(cc2)C(=O)NC1. The molecule has 0 atom stereocenters. The molecule has 8 bridgehead atoms. The Kier molecular flexibility index (Phi) is 12.3. The van der Waals surface area contributed by atoms with Crippen molar-refractivity contribution in [3.63, 3.8) is 0 Å². The Morgan fingerprint density at radius 2 is 1.23 bits per heavy atom. The highest BCUT2D eigenvalue weighted by molar-refractivity contribution is 6.39. The van der Waals surface area contributed by atoms with Gasteiger partial charge in [0.15, 0.2) is 6.61 Å². The maximum absolute atomic E-state index is 12.9. The Labute approximate surface area is 302 Å². The summed E-state index contributed by atoms with van der Waals surface area (Å²) in [5, 5.41) is 13.8. The van der Waals surface area contributed by atoms with Gasteiger partial charge < -0.3 is 40.8 Å². The number of rotatable bonds is 2. The zero-order chi connectivity index (χ0) is 37.8. The summed E-state index contributed by atoms with van der Waals surface area (Å²) in [6.07, 6.45) is -1.03. The second-order valence-corrected chi connectivity index (χ2v) is 12.5. The smallest absolute Gasteiger partial charge is 0.422 e. The van der Waals surface area contributed by atoms with Gasteiger partial charge >= 0.3 is 24.0 Å². The van der Waals surface area contributed by atoms with Gasteiger partial charge in [0.1, 0.15) is 24.7 Å². The Morgan fingerprint density at radius 1 is 0.679 bits per heavy atom. The predicted octanol–water partition coefficient (Wildman–Crippen LogP) is 5.01. The fourth-order valence-corrected chi connectivity index (χ4v) is 4.55. The van der Waals surface area contributed by atoms with Gasteiger partial charge in [-0.25, -0.2) is 0 Å². The van der Waals surface area contributed by atoms with E-state index in [9.17, 15) is 27.6 Å². The van der Waals surface area contributed by atoms with Crippen molar-refractivity contribution in [1.29, 1.82) is 0 Å². The number of hydrogen-bond donors (Lipinski definition) is 5. The number of carbonyl (C=O) groups excluding carboxylic acids is 3. The van der Waals surface area contributed by atoms with Crippen LogP contribution in [0.5, 0.6) is 17.5 Å². The summed E-state index contributed by atoms with van der Waals surface area (Å²) >= 11 is 0. The summed E-state index contributed by atoms with van der Waals surface area (Å²) in [6, 6.07) is 19.3. The molecule has 4 aromatic rings. The van der Waals surface area contributed by atoms with Crippen LogP contribution in [0.25, 0.3) is 0 Å². The van der Waals surface area contributed by atoms with Crippen LogP contribution in [0.1, 0.15) is 29.8 Å². The molecule has 1 aromatic heterocycles. The van der Waals surface area contributed by atoms with E-state index in [1.165, 1.54) is 12.1 Å². The minimum Gasteiger partial charge on any atom is -0.490 e. The molecule has 0 saturated heterocycles. The first-order valence-electron chi connectivity index (χ1n) is 16.3. The zero-order valence-electron chi connectivity index (χ0n) is 28.8. The molecule has 0 fully saturated rings. The molecule has 8 rings (SSSR count). The summed E-state index contributed by atoms with van der Waals surface area (Å²) in [5.74, 6) is -1.06. The van der Waals surface area contributed by atoms with Gasteiger partial charge in [-0.15, -0.1) is 0 Å². The van der Waals surface area contributed by atoms with Gasteiger partial charge in [-0.05, 0) is 83.8 Å². The average Bonchev–Trinajstić information content (AvgIpc) is 3.13. The van der Waals surface area contributed by atoms with E-state index in [1.54, 1.807) is 72.8 Å². The highest BCUT2D eigenvalue weighted by Crippen LogP contribution is 2.22. The number of hydrogen-bond acceptors (Lipinski definition) is 11. The van der Waals surface area contributed by atoms with Crippen molar-refractivity contribution in [2.45, 2.75) is 26.6 Å². The lowest BCUT2D eigenvalue weighted by Gasteiger charge is -2.25. The summed E-state index contributed by atoms with van der Waals surface area (Å²) in [7, 11) is 0. The molecule has 0 aliphatic carbocycles. The Bertz CT molecular complexity index is 1900. The summed E-state index contributed by atoms with van der Waals surface area (Å²) in [4.78, 5) is 50.1. The monoisotopic (exact) mass is 734 g/mol. The number of alkyl halides is 3. The molecule has 4 aliphatic heterocycles. The second kappa shape index (κ2) is 17.2. The maximum atomic E-state index is 12.9. The van der Waals surface area contributed by atoms with E-state index in [0.29, 0.717) is 28.4 Å². The fraction of sp³-hybridized carbons (Fsp3) is 0.278. The quantitative estimate of drug-likeness (QED) is 0.138. The molecule has 0 radical (unpaired) electrons. The maximum Gasteiger partial charge on any atom is 0.422 e. The van der Waals surface area contributed by atoms with Crippen molar-refractivity contribution < 1.29 is 41.8 Å². The molecule has 3 amide bonds. The lowest BCUT2D eigenvalue weighted by atomic mass is 9.93. The van der Waals surface area contributed by atoms with Gasteiger partial charge in [0.2, 0.25) is 11.9 Å². The standard InChI is InChI=1S/C36H37F3N8O6/c1-35(2)20-41-29(48)24-7-9-26(10-8-24)44-33-45-32(46-34(47-33)53-22-36(37,38)39)40-19-23-5-13-27(14-6-23)51-17-3-4-18-52-28-15-11-25(12-16-28)43-31(50)30(49)42-21-35/h3-16H,17-22H2,1-2H3,(H,41,48)(H,42,49)(H,43,50)(H2,40,44,45,46,47)/b4-3-. The highest BCUT2D eigenvalue weighted by Gasteiger charge is 2.29. The summed E-state index contributed by atoms with van der Waals surface area (Å²) in [5.41, 5.74) is 1.34. The first-order valence-corrected chi connectivity index (χ1v) is 16.3. The van der Waals surface area contributed by atoms with Crippen molar-refractivity contribution in [2.75, 3.05) is 48.9 Å². The average molecular weight is 735 g/mol. The topological polar surface area (TPSA) is 178 Å². The van der Waals surface area contributed by atoms with E-state index in [4.69, 9.17) is 14.2 Å². The number of halogens is 3. The van der Waals surface area contributed by atoms with Crippen LogP contribution in [0.2, 0.25) is 0 Å². The van der Waals surface area contributed by atoms with Gasteiger partial charge in [0, 0.05) is 36.6 Å². The molecule has 0 unspecified atom stereocenters. The van der Waals surface area contributed by atoms with Crippen LogP contribution in [0.15, 0.2) is 84.9 Å². The number of ether oxygens (including phenoxy) is 3. The molecular formula is C36H37F3N8O6. The van der Waals surface area contributed by atoms with E-state index in [0.717, 1.165) is 5.56 Å². The molecule has 14 nitrogen and oxygen atoms in total. The van der Waals surface area contributed by atoms with Crippen LogP contribution in [-0.2, 0) is 16.1 Å². The largest absolute Gasteiger partial charge is 0.490 e. The van der Waals surface area contributed by atoms with Crippen LogP contribution in [-0.4, -0.2) is 71.8 Å². The van der Waals surface area contributed by atoms with E-state index in [1.807, 2.05) is 13.8 Å². The summed E-state index contributed by atoms with van der Waals surface area (Å²) in [6.45, 7) is 3.05. The number of fused-ring (bicyclic) bond motifs is 3. The third-order valence-corrected chi connectivity index (χ3v) is 7.39. The van der Waals surface area contributed by atoms with Crippen molar-refractivity contribution in [3.8, 4) is 17.5 Å². The first kappa shape index (κ1) is 37.9. The normalized spacial score (nSPS) is 16.4. The van der Waals surface area contributed by atoms with Gasteiger partial charge in [-0.1, -0.05) is 26.0 Å². The second-order valence-electron chi connectivity index (χ2n) is 12.5. The van der Waals surface area contributed by atoms with E-state index in [-0.39, 0.29) is 44.7 Å². The minimum absolute atomic E-state index is 0.0413. The number of benzene rings is 3. The number of anilines is 4. The van der Waals surface area contributed by atoms with Crippen LogP contribution >= 0.6 is 0 Å². The van der Waals surface area contributed by atoms with Crippen LogP contribution in [0.4, 0.5) is 36.4 Å². The molecular weight excluding hydrogens is 697 g/mol. The molecule has 17 heteroatoms. The van der Waals surface area contributed by atoms with Crippen LogP contribution in [0, 0.1) is 5.41 Å². The fourth-order valence-electron chi connectivity index (χ4n) is 4.55. The molecule has 3 aromatic carbocycles. The molecule has 5 N–H and O–H groups in total. The predicted molar refractivity (Wildman–Crippen MR) is 189 cm³/mol. The summed E-state index contributed by atoms with van der Waals surface area (Å²) < 4.78 is 54.9. The van der Waals surface area contributed by atoms with Crippen molar-refractivity contribution in [1.82, 2.24) is 25.6 Å². The van der Waals surface area contributed by atoms with Gasteiger partial charge in [0.05, 0.1) is 0 Å². The third-order valence-electron chi connectivity index (χ3n) is 7.39. The Balaban J connectivity index is 1.31. The van der Waals surface area contributed by atoms with E-state index in [2.05, 4.69) is 41.5 Å². The molecule has 0 spiro atoms. The van der Waals surface area contributed by atoms with Gasteiger partial charge in [-0.3, -0.25) is 14.4 Å². The molecule has 4 aliphatic rings. The van der Waals surface area contributed by atoms with Gasteiger partial charge in [0.25, 0.3) is 5.91 Å².